The first-order valence-corrected chi connectivity index (χ1v) is 11.9. The summed E-state index contributed by atoms with van der Waals surface area (Å²) in [7, 11) is -4.43. The van der Waals surface area contributed by atoms with Crippen molar-refractivity contribution in [3.63, 3.8) is 0 Å². The van der Waals surface area contributed by atoms with Gasteiger partial charge in [0.1, 0.15) is 16.1 Å². The lowest BCUT2D eigenvalue weighted by Crippen LogP contribution is -2.47. The van der Waals surface area contributed by atoms with Crippen molar-refractivity contribution in [1.29, 1.82) is 0 Å². The van der Waals surface area contributed by atoms with Crippen LogP contribution in [0, 0.1) is 0 Å². The number of hydrogen-bond acceptors (Lipinski definition) is 4. The molecule has 0 bridgehead atoms. The van der Waals surface area contributed by atoms with Crippen molar-refractivity contribution in [2.45, 2.75) is 61.2 Å². The Labute approximate surface area is 185 Å². The Hall–Kier alpha value is -2.60. The number of fused-ring (bicyclic) bond motifs is 1. The maximum atomic E-state index is 13.2. The van der Waals surface area contributed by atoms with Gasteiger partial charge in [-0.05, 0) is 56.4 Å². The first-order valence-electron chi connectivity index (χ1n) is 10.4. The molecule has 5 rings (SSSR count). The molecule has 0 saturated heterocycles. The topological polar surface area (TPSA) is 76.9 Å². The molecule has 0 radical (unpaired) electrons. The fraction of sp³-hybridized carbons (Fsp3) is 0.429. The molecule has 33 heavy (non-hydrogen) atoms. The summed E-state index contributed by atoms with van der Waals surface area (Å²) in [6.07, 6.45) is -3.06. The monoisotopic (exact) mass is 486 g/mol. The van der Waals surface area contributed by atoms with Crippen LogP contribution in [-0.4, -0.2) is 34.7 Å². The minimum absolute atomic E-state index is 0.107. The molecule has 0 amide bonds. The predicted octanol–water partition coefficient (Wildman–Crippen LogP) is 5.13. The molecule has 3 aromatic heterocycles. The van der Waals surface area contributed by atoms with Gasteiger partial charge in [0.15, 0.2) is 0 Å². The fourth-order valence-corrected chi connectivity index (χ4v) is 5.43. The van der Waals surface area contributed by atoms with Gasteiger partial charge in [-0.25, -0.2) is 22.2 Å². The zero-order valence-corrected chi connectivity index (χ0v) is 17.9. The van der Waals surface area contributed by atoms with Gasteiger partial charge >= 0.3 is 6.18 Å². The van der Waals surface area contributed by atoms with Gasteiger partial charge in [-0.15, -0.1) is 0 Å². The highest BCUT2D eigenvalue weighted by Crippen LogP contribution is 2.49. The largest absolute Gasteiger partial charge is 0.407 e. The third-order valence-electron chi connectivity index (χ3n) is 6.32. The van der Waals surface area contributed by atoms with Gasteiger partial charge in [0.25, 0.3) is 6.43 Å². The van der Waals surface area contributed by atoms with Crippen molar-refractivity contribution in [2.75, 3.05) is 0 Å². The van der Waals surface area contributed by atoms with E-state index in [0.717, 1.165) is 31.7 Å². The van der Waals surface area contributed by atoms with Gasteiger partial charge in [-0.1, -0.05) is 0 Å². The second-order valence-corrected chi connectivity index (χ2v) is 10.2. The first-order chi connectivity index (χ1) is 15.5. The van der Waals surface area contributed by atoms with E-state index >= 15 is 0 Å². The minimum atomic E-state index is -4.68. The van der Waals surface area contributed by atoms with Crippen molar-refractivity contribution < 1.29 is 30.4 Å². The lowest BCUT2D eigenvalue weighted by atomic mass is 9.92. The molecule has 1 N–H and O–H groups in total. The zero-order chi connectivity index (χ0) is 23.6. The number of pyridine rings is 2. The lowest BCUT2D eigenvalue weighted by Gasteiger charge is -2.29. The summed E-state index contributed by atoms with van der Waals surface area (Å²) in [6, 6.07) is 5.73. The molecule has 2 aliphatic rings. The third kappa shape index (κ3) is 3.78. The molecule has 2 aliphatic carbocycles. The summed E-state index contributed by atoms with van der Waals surface area (Å²) in [4.78, 5) is 8.02. The molecule has 176 valence electrons. The van der Waals surface area contributed by atoms with E-state index in [9.17, 15) is 30.4 Å². The molecule has 0 atom stereocenters. The van der Waals surface area contributed by atoms with Crippen molar-refractivity contribution in [3.05, 3.63) is 42.2 Å². The van der Waals surface area contributed by atoms with E-state index in [1.807, 2.05) is 4.57 Å². The number of nitrogens with one attached hydrogen (secondary N) is 1. The standard InChI is InChI=1S/C21H19F5N4O2S/c22-18(23)13-8-12-9-17(30(14-2-1-3-14)19(12)28-10-13)16-5-4-15(11-27-16)33(31,32)29-20(6-7-20)21(24,25)26/h4-5,8-11,14,18,29H,1-3,6-7H2. The van der Waals surface area contributed by atoms with Gasteiger partial charge in [0, 0.05) is 29.4 Å². The Bertz CT molecular complexity index is 1310. The van der Waals surface area contributed by atoms with E-state index in [2.05, 4.69) is 9.97 Å². The highest BCUT2D eigenvalue weighted by Gasteiger charge is 2.65. The van der Waals surface area contributed by atoms with Crippen LogP contribution in [0.5, 0.6) is 0 Å². The van der Waals surface area contributed by atoms with E-state index in [4.69, 9.17) is 0 Å². The van der Waals surface area contributed by atoms with Crippen LogP contribution in [0.4, 0.5) is 22.0 Å². The molecule has 12 heteroatoms. The van der Waals surface area contributed by atoms with Gasteiger partial charge in [-0.2, -0.15) is 17.9 Å². The summed E-state index contributed by atoms with van der Waals surface area (Å²) < 4.78 is 94.5. The molecular weight excluding hydrogens is 467 g/mol. The van der Waals surface area contributed by atoms with E-state index in [1.165, 1.54) is 18.2 Å². The van der Waals surface area contributed by atoms with Crippen LogP contribution >= 0.6 is 0 Å². The normalized spacial score (nSPS) is 18.6. The van der Waals surface area contributed by atoms with Gasteiger partial charge in [0.2, 0.25) is 10.0 Å². The fourth-order valence-electron chi connectivity index (χ4n) is 4.04. The Kier molecular flexibility index (Phi) is 5.02. The van der Waals surface area contributed by atoms with Crippen molar-refractivity contribution in [1.82, 2.24) is 19.3 Å². The first kappa shape index (κ1) is 22.2. The number of rotatable bonds is 6. The summed E-state index contributed by atoms with van der Waals surface area (Å²) in [5, 5.41) is 0.510. The summed E-state index contributed by atoms with van der Waals surface area (Å²) in [5.41, 5.74) is -1.15. The summed E-state index contributed by atoms with van der Waals surface area (Å²) >= 11 is 0. The van der Waals surface area contributed by atoms with Crippen LogP contribution in [0.15, 0.2) is 41.6 Å². The summed E-state index contributed by atoms with van der Waals surface area (Å²) in [6.45, 7) is 0. The lowest BCUT2D eigenvalue weighted by molar-refractivity contribution is -0.160. The van der Waals surface area contributed by atoms with Gasteiger partial charge in [0.05, 0.1) is 11.4 Å². The SMILES string of the molecule is O=S(=O)(NC1(C(F)(F)F)CC1)c1ccc(-c2cc3cc(C(F)F)cnc3n2C2CCC2)nc1. The smallest absolute Gasteiger partial charge is 0.321 e. The highest BCUT2D eigenvalue weighted by atomic mass is 32.2. The number of hydrogen-bond donors (Lipinski definition) is 1. The predicted molar refractivity (Wildman–Crippen MR) is 109 cm³/mol. The highest BCUT2D eigenvalue weighted by molar-refractivity contribution is 7.89. The van der Waals surface area contributed by atoms with Crippen LogP contribution in [0.2, 0.25) is 0 Å². The van der Waals surface area contributed by atoms with E-state index in [1.54, 1.807) is 10.8 Å². The number of aromatic nitrogens is 3. The van der Waals surface area contributed by atoms with E-state index in [-0.39, 0.29) is 29.3 Å². The Morgan fingerprint density at radius 2 is 1.82 bits per heavy atom. The average Bonchev–Trinajstić information content (AvgIpc) is 3.40. The number of sulfonamides is 1. The molecule has 0 unspecified atom stereocenters. The minimum Gasteiger partial charge on any atom is -0.321 e. The zero-order valence-electron chi connectivity index (χ0n) is 17.1. The Morgan fingerprint density at radius 3 is 2.33 bits per heavy atom. The van der Waals surface area contributed by atoms with Crippen LogP contribution in [0.1, 0.15) is 50.1 Å². The van der Waals surface area contributed by atoms with Crippen LogP contribution in [0.3, 0.4) is 0 Å². The number of alkyl halides is 5. The molecule has 0 spiro atoms. The molecular formula is C21H19F5N4O2S. The van der Waals surface area contributed by atoms with Crippen LogP contribution in [-0.2, 0) is 10.0 Å². The molecule has 6 nitrogen and oxygen atoms in total. The van der Waals surface area contributed by atoms with Crippen molar-refractivity contribution >= 4 is 21.1 Å². The van der Waals surface area contributed by atoms with Gasteiger partial charge < -0.3 is 4.57 Å². The maximum Gasteiger partial charge on any atom is 0.407 e. The molecule has 2 saturated carbocycles. The second-order valence-electron chi connectivity index (χ2n) is 8.53. The Balaban J connectivity index is 1.51. The molecule has 3 heterocycles. The van der Waals surface area contributed by atoms with E-state index < -0.39 is 28.2 Å². The summed E-state index contributed by atoms with van der Waals surface area (Å²) in [5.74, 6) is 0. The molecule has 3 aromatic rings. The molecule has 0 aliphatic heterocycles. The average molecular weight is 486 g/mol. The van der Waals surface area contributed by atoms with Gasteiger partial charge in [-0.3, -0.25) is 4.98 Å². The number of nitrogens with zero attached hydrogens (tertiary/aromatic N) is 3. The van der Waals surface area contributed by atoms with Crippen molar-refractivity contribution in [3.8, 4) is 11.4 Å². The third-order valence-corrected chi connectivity index (χ3v) is 7.84. The molecule has 2 fully saturated rings. The van der Waals surface area contributed by atoms with Crippen LogP contribution < -0.4 is 4.72 Å². The number of halogens is 5. The van der Waals surface area contributed by atoms with E-state index in [0.29, 0.717) is 22.4 Å². The second kappa shape index (κ2) is 7.45. The quantitative estimate of drug-likeness (QED) is 0.490. The maximum absolute atomic E-state index is 13.2. The molecule has 0 aromatic carbocycles. The van der Waals surface area contributed by atoms with Crippen LogP contribution in [0.25, 0.3) is 22.4 Å². The Morgan fingerprint density at radius 1 is 1.09 bits per heavy atom. The van der Waals surface area contributed by atoms with Crippen molar-refractivity contribution in [2.24, 2.45) is 0 Å².